The van der Waals surface area contributed by atoms with Gasteiger partial charge in [-0.1, -0.05) is 0 Å². The third-order valence-corrected chi connectivity index (χ3v) is 3.76. The molecule has 1 saturated heterocycles. The molecule has 3 rings (SSSR count). The summed E-state index contributed by atoms with van der Waals surface area (Å²) in [6.07, 6.45) is 6.32. The zero-order valence-corrected chi connectivity index (χ0v) is 11.9. The minimum absolute atomic E-state index is 0.776. The molecule has 5 heteroatoms. The van der Waals surface area contributed by atoms with Crippen LogP contribution in [0.15, 0.2) is 30.6 Å². The van der Waals surface area contributed by atoms with Gasteiger partial charge in [-0.15, -0.1) is 0 Å². The monoisotopic (exact) mass is 271 g/mol. The second-order valence-electron chi connectivity index (χ2n) is 5.09. The summed E-state index contributed by atoms with van der Waals surface area (Å²) in [6, 6.07) is 6.25. The van der Waals surface area contributed by atoms with Crippen LogP contribution in [0.2, 0.25) is 0 Å². The molecule has 0 aliphatic carbocycles. The Balaban J connectivity index is 1.60. The Bertz CT molecular complexity index is 540. The van der Waals surface area contributed by atoms with Crippen LogP contribution >= 0.6 is 0 Å². The Kier molecular flexibility index (Phi) is 3.85. The molecule has 1 fully saturated rings. The molecule has 0 bridgehead atoms. The van der Waals surface area contributed by atoms with Gasteiger partial charge in [0.1, 0.15) is 5.82 Å². The fourth-order valence-corrected chi connectivity index (χ4v) is 2.61. The molecule has 1 N–H and O–H groups in total. The third-order valence-electron chi connectivity index (χ3n) is 3.76. The second kappa shape index (κ2) is 5.94. The van der Waals surface area contributed by atoms with E-state index in [1.165, 1.54) is 18.5 Å². The number of aromatic nitrogens is 3. The molecule has 106 valence electrons. The van der Waals surface area contributed by atoms with Crippen molar-refractivity contribution in [3.63, 3.8) is 0 Å². The molecule has 20 heavy (non-hydrogen) atoms. The maximum absolute atomic E-state index is 4.54. The van der Waals surface area contributed by atoms with E-state index in [4.69, 9.17) is 0 Å². The van der Waals surface area contributed by atoms with E-state index < -0.39 is 0 Å². The van der Waals surface area contributed by atoms with Crippen molar-refractivity contribution in [2.45, 2.75) is 32.9 Å². The average Bonchev–Trinajstić information content (AvgIpc) is 3.16. The summed E-state index contributed by atoms with van der Waals surface area (Å²) in [6.45, 7) is 6.04. The van der Waals surface area contributed by atoms with Gasteiger partial charge in [0.15, 0.2) is 0 Å². The van der Waals surface area contributed by atoms with E-state index in [0.29, 0.717) is 0 Å². The van der Waals surface area contributed by atoms with Gasteiger partial charge in [-0.2, -0.15) is 5.10 Å². The maximum atomic E-state index is 4.54. The summed E-state index contributed by atoms with van der Waals surface area (Å²) < 4.78 is 2.00. The molecule has 2 aromatic rings. The lowest BCUT2D eigenvalue weighted by Gasteiger charge is -2.16. The van der Waals surface area contributed by atoms with E-state index in [-0.39, 0.29) is 0 Å². The molecule has 0 saturated carbocycles. The Morgan fingerprint density at radius 3 is 2.75 bits per heavy atom. The van der Waals surface area contributed by atoms with Crippen molar-refractivity contribution in [2.24, 2.45) is 0 Å². The molecule has 0 amide bonds. The van der Waals surface area contributed by atoms with Crippen LogP contribution in [0.3, 0.4) is 0 Å². The number of rotatable bonds is 5. The van der Waals surface area contributed by atoms with Gasteiger partial charge < -0.3 is 10.2 Å². The number of nitrogens with one attached hydrogen (secondary N) is 1. The third kappa shape index (κ3) is 2.76. The van der Waals surface area contributed by atoms with Gasteiger partial charge in [0, 0.05) is 25.8 Å². The van der Waals surface area contributed by atoms with Crippen LogP contribution in [0.4, 0.5) is 11.5 Å². The molecule has 2 aromatic heterocycles. The Morgan fingerprint density at radius 1 is 1.20 bits per heavy atom. The summed E-state index contributed by atoms with van der Waals surface area (Å²) in [7, 11) is 0. The predicted octanol–water partition coefficient (Wildman–Crippen LogP) is 2.51. The smallest absolute Gasteiger partial charge is 0.128 e. The van der Waals surface area contributed by atoms with Crippen molar-refractivity contribution in [3.8, 4) is 0 Å². The van der Waals surface area contributed by atoms with Crippen molar-refractivity contribution in [1.29, 1.82) is 0 Å². The molecule has 0 unspecified atom stereocenters. The summed E-state index contributed by atoms with van der Waals surface area (Å²) in [4.78, 5) is 6.89. The minimum Gasteiger partial charge on any atom is -0.378 e. The number of hydrogen-bond donors (Lipinski definition) is 1. The van der Waals surface area contributed by atoms with Crippen LogP contribution in [-0.4, -0.2) is 27.9 Å². The lowest BCUT2D eigenvalue weighted by Crippen LogP contribution is -2.18. The van der Waals surface area contributed by atoms with Gasteiger partial charge in [-0.05, 0) is 38.0 Å². The van der Waals surface area contributed by atoms with Gasteiger partial charge in [-0.25, -0.2) is 4.98 Å². The van der Waals surface area contributed by atoms with E-state index in [1.54, 1.807) is 0 Å². The standard InChI is InChI=1S/C15H21N5/c1-2-20-14(7-8-18-20)12-16-13-5-6-15(17-11-13)19-9-3-4-10-19/h5-8,11,16H,2-4,9-10,12H2,1H3. The van der Waals surface area contributed by atoms with Crippen LogP contribution in [0.25, 0.3) is 0 Å². The van der Waals surface area contributed by atoms with Crippen molar-refractivity contribution in [1.82, 2.24) is 14.8 Å². The first kappa shape index (κ1) is 13.0. The van der Waals surface area contributed by atoms with Crippen molar-refractivity contribution < 1.29 is 0 Å². The fourth-order valence-electron chi connectivity index (χ4n) is 2.61. The minimum atomic E-state index is 0.776. The van der Waals surface area contributed by atoms with Gasteiger partial charge in [0.25, 0.3) is 0 Å². The van der Waals surface area contributed by atoms with Gasteiger partial charge in [-0.3, -0.25) is 4.68 Å². The molecule has 5 nitrogen and oxygen atoms in total. The van der Waals surface area contributed by atoms with Crippen LogP contribution < -0.4 is 10.2 Å². The molecule has 3 heterocycles. The fraction of sp³-hybridized carbons (Fsp3) is 0.467. The molecule has 0 radical (unpaired) electrons. The average molecular weight is 271 g/mol. The molecule has 0 aromatic carbocycles. The zero-order chi connectivity index (χ0) is 13.8. The van der Waals surface area contributed by atoms with Crippen LogP contribution in [0.5, 0.6) is 0 Å². The SMILES string of the molecule is CCn1nccc1CNc1ccc(N2CCCC2)nc1. The number of aryl methyl sites for hydroxylation is 1. The molecular formula is C15H21N5. The Labute approximate surface area is 119 Å². The second-order valence-corrected chi connectivity index (χ2v) is 5.09. The first-order valence-electron chi connectivity index (χ1n) is 7.32. The highest BCUT2D eigenvalue weighted by molar-refractivity contribution is 5.49. The van der Waals surface area contributed by atoms with E-state index in [1.807, 2.05) is 23.1 Å². The maximum Gasteiger partial charge on any atom is 0.128 e. The number of nitrogens with zero attached hydrogens (tertiary/aromatic N) is 4. The van der Waals surface area contributed by atoms with E-state index in [9.17, 15) is 0 Å². The topological polar surface area (TPSA) is 46.0 Å². The first-order valence-corrected chi connectivity index (χ1v) is 7.32. The molecule has 1 aliphatic heterocycles. The van der Waals surface area contributed by atoms with Crippen LogP contribution in [-0.2, 0) is 13.1 Å². The van der Waals surface area contributed by atoms with Crippen molar-refractivity contribution in [2.75, 3.05) is 23.3 Å². The molecule has 0 atom stereocenters. The molecular weight excluding hydrogens is 250 g/mol. The normalized spacial score (nSPS) is 14.8. The number of anilines is 2. The highest BCUT2D eigenvalue weighted by atomic mass is 15.3. The van der Waals surface area contributed by atoms with E-state index >= 15 is 0 Å². The largest absolute Gasteiger partial charge is 0.378 e. The van der Waals surface area contributed by atoms with Crippen LogP contribution in [0, 0.1) is 0 Å². The highest BCUT2D eigenvalue weighted by Crippen LogP contribution is 2.19. The predicted molar refractivity (Wildman–Crippen MR) is 80.9 cm³/mol. The molecule has 0 spiro atoms. The summed E-state index contributed by atoms with van der Waals surface area (Å²) in [5.41, 5.74) is 2.24. The summed E-state index contributed by atoms with van der Waals surface area (Å²) in [5, 5.41) is 7.67. The van der Waals surface area contributed by atoms with Crippen molar-refractivity contribution in [3.05, 3.63) is 36.3 Å². The lowest BCUT2D eigenvalue weighted by molar-refractivity contribution is 0.627. The van der Waals surface area contributed by atoms with Gasteiger partial charge in [0.05, 0.1) is 24.1 Å². The number of hydrogen-bond acceptors (Lipinski definition) is 4. The Morgan fingerprint density at radius 2 is 2.05 bits per heavy atom. The Hall–Kier alpha value is -2.04. The highest BCUT2D eigenvalue weighted by Gasteiger charge is 2.12. The van der Waals surface area contributed by atoms with E-state index in [2.05, 4.69) is 39.4 Å². The van der Waals surface area contributed by atoms with E-state index in [0.717, 1.165) is 37.7 Å². The first-order chi connectivity index (χ1) is 9.86. The summed E-state index contributed by atoms with van der Waals surface area (Å²) in [5.74, 6) is 1.09. The zero-order valence-electron chi connectivity index (χ0n) is 11.9. The van der Waals surface area contributed by atoms with Gasteiger partial charge >= 0.3 is 0 Å². The van der Waals surface area contributed by atoms with Crippen molar-refractivity contribution >= 4 is 11.5 Å². The van der Waals surface area contributed by atoms with Gasteiger partial charge in [0.2, 0.25) is 0 Å². The lowest BCUT2D eigenvalue weighted by atomic mass is 10.3. The quantitative estimate of drug-likeness (QED) is 0.907. The summed E-state index contributed by atoms with van der Waals surface area (Å²) >= 11 is 0. The molecule has 1 aliphatic rings. The number of pyridine rings is 1. The van der Waals surface area contributed by atoms with Crippen LogP contribution in [0.1, 0.15) is 25.5 Å².